The van der Waals surface area contributed by atoms with Crippen molar-refractivity contribution in [2.45, 2.75) is 24.0 Å². The van der Waals surface area contributed by atoms with Gasteiger partial charge in [-0.2, -0.15) is 0 Å². The first-order valence-corrected chi connectivity index (χ1v) is 13.4. The minimum absolute atomic E-state index is 0.143. The van der Waals surface area contributed by atoms with Crippen LogP contribution in [0.5, 0.6) is 0 Å². The number of ether oxygens (including phenoxy) is 4. The summed E-state index contributed by atoms with van der Waals surface area (Å²) in [5.41, 5.74) is -0.544. The number of carbonyl (C=O) groups is 3. The highest BCUT2D eigenvalue weighted by Crippen LogP contribution is 2.44. The fraction of sp³-hybridized carbons (Fsp3) is 0.152. The van der Waals surface area contributed by atoms with E-state index in [0.29, 0.717) is 0 Å². The molecule has 222 valence electrons. The summed E-state index contributed by atoms with van der Waals surface area (Å²) in [4.78, 5) is 66.9. The molecule has 1 unspecified atom stereocenters. The van der Waals surface area contributed by atoms with E-state index in [1.807, 2.05) is 0 Å². The van der Waals surface area contributed by atoms with Crippen LogP contribution in [0.2, 0.25) is 0 Å². The molecule has 0 bridgehead atoms. The van der Waals surface area contributed by atoms with Crippen molar-refractivity contribution in [3.8, 4) is 0 Å². The highest BCUT2D eigenvalue weighted by atomic mass is 16.7. The second-order valence-electron chi connectivity index (χ2n) is 9.66. The first-order chi connectivity index (χ1) is 21.3. The Morgan fingerprint density at radius 3 is 1.93 bits per heavy atom. The highest BCUT2D eigenvalue weighted by molar-refractivity contribution is 5.91. The van der Waals surface area contributed by atoms with Crippen LogP contribution in [0.4, 0.5) is 0 Å². The summed E-state index contributed by atoms with van der Waals surface area (Å²) in [5.74, 6) is -2.37. The van der Waals surface area contributed by atoms with E-state index < -0.39 is 59.8 Å². The maximum atomic E-state index is 13.5. The molecule has 44 heavy (non-hydrogen) atoms. The molecule has 3 aromatic carbocycles. The SMILES string of the molecule is C=C=C[C@@]1(OC(=O)c2ccccc2)C(OC(=O)c2ccccc2)[C@@H](COC(=O)c2ccccc2)O[C@H]1n1ccc(=O)[nH]c1=O. The van der Waals surface area contributed by atoms with Crippen molar-refractivity contribution in [1.29, 1.82) is 0 Å². The van der Waals surface area contributed by atoms with Crippen LogP contribution < -0.4 is 11.2 Å². The zero-order valence-corrected chi connectivity index (χ0v) is 23.2. The summed E-state index contributed by atoms with van der Waals surface area (Å²) in [6.07, 6.45) is -1.99. The zero-order chi connectivity index (χ0) is 31.1. The van der Waals surface area contributed by atoms with Crippen molar-refractivity contribution < 1.29 is 33.3 Å². The molecule has 11 heteroatoms. The summed E-state index contributed by atoms with van der Waals surface area (Å²) in [6.45, 7) is 3.14. The number of aromatic amines is 1. The molecule has 1 aliphatic rings. The molecule has 1 N–H and O–H groups in total. The van der Waals surface area contributed by atoms with Gasteiger partial charge < -0.3 is 18.9 Å². The number of aromatic nitrogens is 2. The van der Waals surface area contributed by atoms with Crippen molar-refractivity contribution in [2.24, 2.45) is 0 Å². The monoisotopic (exact) mass is 594 g/mol. The second-order valence-corrected chi connectivity index (χ2v) is 9.66. The average Bonchev–Trinajstić information content (AvgIpc) is 3.32. The summed E-state index contributed by atoms with van der Waals surface area (Å²) < 4.78 is 24.7. The van der Waals surface area contributed by atoms with E-state index >= 15 is 0 Å². The van der Waals surface area contributed by atoms with Crippen molar-refractivity contribution >= 4 is 17.9 Å². The fourth-order valence-electron chi connectivity index (χ4n) is 4.78. The van der Waals surface area contributed by atoms with Gasteiger partial charge in [0.1, 0.15) is 12.7 Å². The zero-order valence-electron chi connectivity index (χ0n) is 23.2. The molecule has 5 rings (SSSR count). The molecule has 0 spiro atoms. The Balaban J connectivity index is 1.62. The van der Waals surface area contributed by atoms with Crippen molar-refractivity contribution in [2.75, 3.05) is 6.61 Å². The first kappa shape index (κ1) is 29.7. The summed E-state index contributed by atoms with van der Waals surface area (Å²) in [6, 6.07) is 25.2. The van der Waals surface area contributed by atoms with Crippen molar-refractivity contribution in [3.05, 3.63) is 159 Å². The number of H-pyrrole nitrogens is 1. The molecule has 4 aromatic rings. The van der Waals surface area contributed by atoms with E-state index in [1.54, 1.807) is 66.7 Å². The van der Waals surface area contributed by atoms with Crippen LogP contribution in [-0.2, 0) is 18.9 Å². The van der Waals surface area contributed by atoms with Crippen molar-refractivity contribution in [1.82, 2.24) is 9.55 Å². The number of rotatable bonds is 9. The topological polar surface area (TPSA) is 143 Å². The lowest BCUT2D eigenvalue weighted by atomic mass is 9.92. The van der Waals surface area contributed by atoms with Gasteiger partial charge in [-0.05, 0) is 36.4 Å². The highest BCUT2D eigenvalue weighted by Gasteiger charge is 2.62. The molecule has 1 saturated heterocycles. The van der Waals surface area contributed by atoms with E-state index in [2.05, 4.69) is 17.3 Å². The maximum absolute atomic E-state index is 13.5. The molecule has 4 atom stereocenters. The lowest BCUT2D eigenvalue weighted by molar-refractivity contribution is -0.0947. The van der Waals surface area contributed by atoms with Gasteiger partial charge in [-0.25, -0.2) is 19.2 Å². The van der Waals surface area contributed by atoms with Crippen LogP contribution in [0.25, 0.3) is 0 Å². The average molecular weight is 595 g/mol. The number of esters is 3. The maximum Gasteiger partial charge on any atom is 0.339 e. The van der Waals surface area contributed by atoms with E-state index in [4.69, 9.17) is 18.9 Å². The third-order valence-corrected chi connectivity index (χ3v) is 6.81. The Morgan fingerprint density at radius 1 is 0.841 bits per heavy atom. The second kappa shape index (κ2) is 13.0. The molecule has 1 fully saturated rings. The van der Waals surface area contributed by atoms with Gasteiger partial charge in [-0.15, -0.1) is 5.73 Å². The Hall–Kier alpha value is -5.77. The van der Waals surface area contributed by atoms with Gasteiger partial charge in [0.25, 0.3) is 5.56 Å². The predicted octanol–water partition coefficient (Wildman–Crippen LogP) is 3.45. The van der Waals surface area contributed by atoms with Crippen LogP contribution in [-0.4, -0.2) is 51.9 Å². The Labute approximate surface area is 250 Å². The standard InChI is InChI=1S/C33H26N2O9/c1-2-19-33(44-30(39)24-16-10-5-11-17-24)27(43-29(38)23-14-8-4-9-15-23)25(21-41-28(37)22-12-6-3-7-13-22)42-31(33)35-20-18-26(36)34-32(35)40/h3-20,25,27,31H,1,21H2,(H,34,36,40)/t25-,27?,31-,33-/m1/s1. The molecule has 0 amide bonds. The fourth-order valence-corrected chi connectivity index (χ4v) is 4.78. The number of nitrogens with one attached hydrogen (secondary N) is 1. The van der Waals surface area contributed by atoms with Gasteiger partial charge in [0.2, 0.25) is 5.60 Å². The third kappa shape index (κ3) is 6.19. The minimum atomic E-state index is -2.09. The molecular formula is C33H26N2O9. The lowest BCUT2D eigenvalue weighted by Gasteiger charge is -2.35. The number of nitrogens with zero attached hydrogens (tertiary/aromatic N) is 1. The number of benzene rings is 3. The van der Waals surface area contributed by atoms with Gasteiger partial charge in [0, 0.05) is 18.3 Å². The molecule has 0 aliphatic carbocycles. The van der Waals surface area contributed by atoms with E-state index in [9.17, 15) is 24.0 Å². The van der Waals surface area contributed by atoms with E-state index in [1.165, 1.54) is 30.3 Å². The van der Waals surface area contributed by atoms with Crippen LogP contribution in [0, 0.1) is 0 Å². The normalized spacial score (nSPS) is 20.6. The van der Waals surface area contributed by atoms with Crippen LogP contribution >= 0.6 is 0 Å². The molecule has 1 aliphatic heterocycles. The Kier molecular flexibility index (Phi) is 8.80. The van der Waals surface area contributed by atoms with Gasteiger partial charge in [-0.3, -0.25) is 14.3 Å². The minimum Gasteiger partial charge on any atom is -0.459 e. The van der Waals surface area contributed by atoms with Gasteiger partial charge in [0.05, 0.1) is 16.7 Å². The smallest absolute Gasteiger partial charge is 0.339 e. The predicted molar refractivity (Wildman–Crippen MR) is 156 cm³/mol. The lowest BCUT2D eigenvalue weighted by Crippen LogP contribution is -2.52. The molecule has 0 saturated carbocycles. The summed E-state index contributed by atoms with van der Waals surface area (Å²) >= 11 is 0. The number of hydrogen-bond acceptors (Lipinski definition) is 9. The molecular weight excluding hydrogens is 568 g/mol. The van der Waals surface area contributed by atoms with Crippen LogP contribution in [0.3, 0.4) is 0 Å². The molecule has 11 nitrogen and oxygen atoms in total. The Morgan fingerprint density at radius 2 is 1.39 bits per heavy atom. The molecule has 1 aromatic heterocycles. The van der Waals surface area contributed by atoms with Crippen LogP contribution in [0.15, 0.2) is 131 Å². The summed E-state index contributed by atoms with van der Waals surface area (Å²) in [5, 5.41) is 0. The first-order valence-electron chi connectivity index (χ1n) is 13.4. The number of carbonyl (C=O) groups excluding carboxylic acids is 3. The van der Waals surface area contributed by atoms with Gasteiger partial charge in [0.15, 0.2) is 12.3 Å². The molecule has 2 heterocycles. The Bertz CT molecular complexity index is 1810. The van der Waals surface area contributed by atoms with Gasteiger partial charge in [-0.1, -0.05) is 61.2 Å². The van der Waals surface area contributed by atoms with Gasteiger partial charge >= 0.3 is 23.6 Å². The quantitative estimate of drug-likeness (QED) is 0.175. The van der Waals surface area contributed by atoms with Crippen molar-refractivity contribution in [3.63, 3.8) is 0 Å². The molecule has 0 radical (unpaired) electrons. The largest absolute Gasteiger partial charge is 0.459 e. The van der Waals surface area contributed by atoms with E-state index in [-0.39, 0.29) is 16.7 Å². The van der Waals surface area contributed by atoms with Crippen LogP contribution in [0.1, 0.15) is 37.3 Å². The summed E-state index contributed by atoms with van der Waals surface area (Å²) in [7, 11) is 0. The number of hydrogen-bond donors (Lipinski definition) is 1. The van der Waals surface area contributed by atoms with E-state index in [0.717, 1.165) is 16.8 Å². The third-order valence-electron chi connectivity index (χ3n) is 6.81.